The Kier molecular flexibility index (Phi) is 3.67. The Balaban J connectivity index is 2.23. The van der Waals surface area contributed by atoms with E-state index >= 15 is 0 Å². The molecule has 0 aliphatic carbocycles. The molecule has 2 aromatic carbocycles. The van der Waals surface area contributed by atoms with Crippen molar-refractivity contribution in [3.63, 3.8) is 0 Å². The van der Waals surface area contributed by atoms with Crippen LogP contribution in [0, 0.1) is 15.5 Å². The Hall–Kier alpha value is -2.69. The molecule has 2 unspecified atom stereocenters. The van der Waals surface area contributed by atoms with Crippen LogP contribution in [0.4, 0.5) is 5.69 Å². The number of rotatable bonds is 3. The SMILES string of the molecule is CC(C)(C)C1(c2ccccc2)C(=O)OC1c1ccccc1[N+](=O)[O-]. The van der Waals surface area contributed by atoms with Gasteiger partial charge in [0.15, 0.2) is 6.10 Å². The molecule has 1 heterocycles. The summed E-state index contributed by atoms with van der Waals surface area (Å²) in [6.45, 7) is 5.88. The second kappa shape index (κ2) is 5.44. The lowest BCUT2D eigenvalue weighted by Gasteiger charge is -2.54. The number of carbonyl (C=O) groups excluding carboxylic acids is 1. The molecule has 0 radical (unpaired) electrons. The number of esters is 1. The highest BCUT2D eigenvalue weighted by Gasteiger charge is 2.66. The van der Waals surface area contributed by atoms with Gasteiger partial charge in [0, 0.05) is 6.07 Å². The van der Waals surface area contributed by atoms with Crippen molar-refractivity contribution >= 4 is 11.7 Å². The molecule has 1 saturated heterocycles. The summed E-state index contributed by atoms with van der Waals surface area (Å²) in [5.41, 5.74) is -0.212. The zero-order valence-corrected chi connectivity index (χ0v) is 13.9. The molecule has 0 N–H and O–H groups in total. The molecule has 2 atom stereocenters. The summed E-state index contributed by atoms with van der Waals surface area (Å²) in [4.78, 5) is 23.7. The normalized spacial score (nSPS) is 23.3. The molecule has 2 aromatic rings. The maximum atomic E-state index is 12.7. The van der Waals surface area contributed by atoms with Gasteiger partial charge in [-0.15, -0.1) is 0 Å². The van der Waals surface area contributed by atoms with E-state index in [4.69, 9.17) is 4.74 Å². The van der Waals surface area contributed by atoms with Gasteiger partial charge in [-0.05, 0) is 17.0 Å². The summed E-state index contributed by atoms with van der Waals surface area (Å²) in [7, 11) is 0. The van der Waals surface area contributed by atoms with Crippen LogP contribution in [0.1, 0.15) is 38.0 Å². The van der Waals surface area contributed by atoms with E-state index in [1.807, 2.05) is 51.1 Å². The Morgan fingerprint density at radius 2 is 1.62 bits per heavy atom. The number of benzene rings is 2. The van der Waals surface area contributed by atoms with Crippen molar-refractivity contribution in [1.29, 1.82) is 0 Å². The lowest BCUT2D eigenvalue weighted by Crippen LogP contribution is -2.61. The van der Waals surface area contributed by atoms with Crippen molar-refractivity contribution in [2.24, 2.45) is 5.41 Å². The average molecular weight is 325 g/mol. The molecule has 24 heavy (non-hydrogen) atoms. The van der Waals surface area contributed by atoms with E-state index in [0.717, 1.165) is 5.56 Å². The fourth-order valence-electron chi connectivity index (χ4n) is 3.61. The average Bonchev–Trinajstić information content (AvgIpc) is 2.52. The monoisotopic (exact) mass is 325 g/mol. The van der Waals surface area contributed by atoms with Crippen molar-refractivity contribution in [3.05, 3.63) is 75.8 Å². The topological polar surface area (TPSA) is 69.4 Å². The van der Waals surface area contributed by atoms with Crippen LogP contribution in [-0.4, -0.2) is 10.9 Å². The predicted molar refractivity (Wildman–Crippen MR) is 89.5 cm³/mol. The smallest absolute Gasteiger partial charge is 0.321 e. The first-order valence-electron chi connectivity index (χ1n) is 7.80. The summed E-state index contributed by atoms with van der Waals surface area (Å²) in [5.74, 6) is -0.343. The largest absolute Gasteiger partial charge is 0.455 e. The van der Waals surface area contributed by atoms with Crippen LogP contribution in [0.2, 0.25) is 0 Å². The third-order valence-corrected chi connectivity index (χ3v) is 4.77. The number of hydrogen-bond acceptors (Lipinski definition) is 4. The van der Waals surface area contributed by atoms with Gasteiger partial charge in [-0.25, -0.2) is 0 Å². The molecule has 5 heteroatoms. The Morgan fingerprint density at radius 1 is 1.04 bits per heavy atom. The minimum Gasteiger partial charge on any atom is -0.455 e. The molecule has 124 valence electrons. The molecule has 0 saturated carbocycles. The predicted octanol–water partition coefficient (Wildman–Crippen LogP) is 4.18. The quantitative estimate of drug-likeness (QED) is 0.482. The number of nitro benzene ring substituents is 1. The van der Waals surface area contributed by atoms with E-state index in [9.17, 15) is 14.9 Å². The van der Waals surface area contributed by atoms with E-state index in [-0.39, 0.29) is 11.7 Å². The van der Waals surface area contributed by atoms with Crippen molar-refractivity contribution in [2.75, 3.05) is 0 Å². The number of nitrogens with zero attached hydrogens (tertiary/aromatic N) is 1. The van der Waals surface area contributed by atoms with Gasteiger partial charge in [-0.3, -0.25) is 14.9 Å². The molecule has 0 amide bonds. The zero-order valence-electron chi connectivity index (χ0n) is 13.9. The van der Waals surface area contributed by atoms with E-state index in [2.05, 4.69) is 0 Å². The highest BCUT2D eigenvalue weighted by Crippen LogP contribution is 2.60. The van der Waals surface area contributed by atoms with Gasteiger partial charge in [0.25, 0.3) is 5.69 Å². The number of para-hydroxylation sites is 1. The summed E-state index contributed by atoms with van der Waals surface area (Å²) in [5, 5.41) is 11.4. The van der Waals surface area contributed by atoms with Crippen LogP contribution in [0.15, 0.2) is 54.6 Å². The van der Waals surface area contributed by atoms with Crippen molar-refractivity contribution in [1.82, 2.24) is 0 Å². The second-order valence-electron chi connectivity index (χ2n) is 7.03. The molecular weight excluding hydrogens is 306 g/mol. The lowest BCUT2D eigenvalue weighted by molar-refractivity contribution is -0.386. The molecule has 1 fully saturated rings. The maximum Gasteiger partial charge on any atom is 0.321 e. The standard InChI is InChI=1S/C19H19NO4/c1-18(2,3)19(13-9-5-4-6-10-13)16(24-17(19)21)14-11-7-8-12-15(14)20(22)23/h4-12,16H,1-3H3. The number of carbonyl (C=O) groups is 1. The number of nitro groups is 1. The molecule has 0 aromatic heterocycles. The molecule has 3 rings (SSSR count). The molecule has 1 aliphatic heterocycles. The van der Waals surface area contributed by atoms with Gasteiger partial charge in [0.05, 0.1) is 10.5 Å². The Labute approximate surface area is 140 Å². The minimum atomic E-state index is -0.958. The van der Waals surface area contributed by atoms with Crippen LogP contribution in [0.5, 0.6) is 0 Å². The van der Waals surface area contributed by atoms with E-state index < -0.39 is 21.9 Å². The summed E-state index contributed by atoms with van der Waals surface area (Å²) in [6.07, 6.45) is -0.686. The first-order valence-corrected chi connectivity index (χ1v) is 7.80. The van der Waals surface area contributed by atoms with Crippen LogP contribution in [-0.2, 0) is 14.9 Å². The van der Waals surface area contributed by atoms with Crippen LogP contribution in [0.25, 0.3) is 0 Å². The molecule has 0 bridgehead atoms. The minimum absolute atomic E-state index is 0.0282. The van der Waals surface area contributed by atoms with E-state index in [0.29, 0.717) is 5.56 Å². The van der Waals surface area contributed by atoms with Gasteiger partial charge >= 0.3 is 5.97 Å². The maximum absolute atomic E-state index is 12.7. The van der Waals surface area contributed by atoms with Gasteiger partial charge in [-0.1, -0.05) is 63.2 Å². The summed E-state index contributed by atoms with van der Waals surface area (Å²) < 4.78 is 5.47. The van der Waals surface area contributed by atoms with Crippen molar-refractivity contribution < 1.29 is 14.5 Å². The van der Waals surface area contributed by atoms with E-state index in [1.54, 1.807) is 18.2 Å². The summed E-state index contributed by atoms with van der Waals surface area (Å²) >= 11 is 0. The lowest BCUT2D eigenvalue weighted by atomic mass is 9.55. The van der Waals surface area contributed by atoms with Gasteiger partial charge in [0.1, 0.15) is 5.41 Å². The first kappa shape index (κ1) is 16.2. The Bertz CT molecular complexity index is 795. The van der Waals surface area contributed by atoms with Crippen molar-refractivity contribution in [2.45, 2.75) is 32.3 Å². The fraction of sp³-hybridized carbons (Fsp3) is 0.316. The number of cyclic esters (lactones) is 1. The highest BCUT2D eigenvalue weighted by molar-refractivity contribution is 5.91. The molecule has 1 aliphatic rings. The molecule has 5 nitrogen and oxygen atoms in total. The highest BCUT2D eigenvalue weighted by atomic mass is 16.6. The van der Waals surface area contributed by atoms with Crippen molar-refractivity contribution in [3.8, 4) is 0 Å². The van der Waals surface area contributed by atoms with Gasteiger partial charge < -0.3 is 4.74 Å². The van der Waals surface area contributed by atoms with Crippen LogP contribution >= 0.6 is 0 Å². The summed E-state index contributed by atoms with van der Waals surface area (Å²) in [6, 6.07) is 15.8. The zero-order chi connectivity index (χ0) is 17.5. The van der Waals surface area contributed by atoms with Gasteiger partial charge in [0.2, 0.25) is 0 Å². The molecule has 0 spiro atoms. The second-order valence-corrected chi connectivity index (χ2v) is 7.03. The number of ether oxygens (including phenoxy) is 1. The third kappa shape index (κ3) is 2.12. The Morgan fingerprint density at radius 3 is 2.17 bits per heavy atom. The first-order chi connectivity index (χ1) is 11.3. The molecular formula is C19H19NO4. The third-order valence-electron chi connectivity index (χ3n) is 4.77. The van der Waals surface area contributed by atoms with Crippen LogP contribution in [0.3, 0.4) is 0 Å². The fourth-order valence-corrected chi connectivity index (χ4v) is 3.61. The van der Waals surface area contributed by atoms with Gasteiger partial charge in [-0.2, -0.15) is 0 Å². The number of hydrogen-bond donors (Lipinski definition) is 0. The van der Waals surface area contributed by atoms with Crippen LogP contribution < -0.4 is 0 Å². The van der Waals surface area contributed by atoms with E-state index in [1.165, 1.54) is 6.07 Å².